The van der Waals surface area contributed by atoms with Crippen molar-refractivity contribution in [2.24, 2.45) is 0 Å². The minimum atomic E-state index is -0.771. The number of carbonyl (C=O) groups is 3. The molecule has 0 aliphatic heterocycles. The number of carbonyl (C=O) groups excluding carboxylic acids is 3. The minimum Gasteiger partial charge on any atom is -0.465 e. The third kappa shape index (κ3) is 3.78. The van der Waals surface area contributed by atoms with Crippen molar-refractivity contribution in [3.8, 4) is 5.75 Å². The van der Waals surface area contributed by atoms with E-state index >= 15 is 0 Å². The van der Waals surface area contributed by atoms with E-state index in [1.54, 1.807) is 31.2 Å². The van der Waals surface area contributed by atoms with Gasteiger partial charge in [0.25, 0.3) is 0 Å². The largest absolute Gasteiger partial charge is 0.465 e. The first-order valence-electron chi connectivity index (χ1n) is 7.24. The zero-order valence-electron chi connectivity index (χ0n) is 13.3. The fourth-order valence-electron chi connectivity index (χ4n) is 2.04. The Hall–Kier alpha value is -3.15. The normalized spacial score (nSPS) is 9.92. The highest BCUT2D eigenvalue weighted by Crippen LogP contribution is 2.21. The third-order valence-electron chi connectivity index (χ3n) is 3.14. The van der Waals surface area contributed by atoms with Crippen molar-refractivity contribution in [1.82, 2.24) is 0 Å². The molecule has 0 spiro atoms. The van der Waals surface area contributed by atoms with E-state index in [1.807, 2.05) is 0 Å². The Balaban J connectivity index is 2.32. The van der Waals surface area contributed by atoms with Crippen molar-refractivity contribution in [1.29, 1.82) is 0 Å². The molecule has 6 heteroatoms. The van der Waals surface area contributed by atoms with Crippen molar-refractivity contribution >= 4 is 17.9 Å². The van der Waals surface area contributed by atoms with Crippen LogP contribution >= 0.6 is 0 Å². The summed E-state index contributed by atoms with van der Waals surface area (Å²) in [5.74, 6) is -1.96. The molecule has 0 heterocycles. The van der Waals surface area contributed by atoms with Gasteiger partial charge >= 0.3 is 17.9 Å². The lowest BCUT2D eigenvalue weighted by atomic mass is 10.1. The molecule has 0 aromatic heterocycles. The van der Waals surface area contributed by atoms with E-state index in [0.717, 1.165) is 0 Å². The van der Waals surface area contributed by atoms with Crippen LogP contribution in [0, 0.1) is 0 Å². The number of para-hydroxylation sites is 1. The fraction of sp³-hybridized carbons (Fsp3) is 0.167. The van der Waals surface area contributed by atoms with Crippen molar-refractivity contribution in [3.63, 3.8) is 0 Å². The van der Waals surface area contributed by atoms with Crippen LogP contribution in [0.2, 0.25) is 0 Å². The number of ether oxygens (including phenoxy) is 3. The van der Waals surface area contributed by atoms with Gasteiger partial charge in [0, 0.05) is 0 Å². The smallest absolute Gasteiger partial charge is 0.344 e. The molecule has 0 N–H and O–H groups in total. The third-order valence-corrected chi connectivity index (χ3v) is 3.14. The minimum absolute atomic E-state index is 0.0445. The van der Waals surface area contributed by atoms with Gasteiger partial charge in [-0.3, -0.25) is 0 Å². The maximum Gasteiger partial charge on any atom is 0.344 e. The predicted molar refractivity (Wildman–Crippen MR) is 85.1 cm³/mol. The summed E-state index contributed by atoms with van der Waals surface area (Å²) in [4.78, 5) is 36.1. The zero-order chi connectivity index (χ0) is 17.5. The first kappa shape index (κ1) is 17.2. The summed E-state index contributed by atoms with van der Waals surface area (Å²) in [6.45, 7) is 1.88. The molecular weight excluding hydrogens is 312 g/mol. The van der Waals surface area contributed by atoms with Crippen molar-refractivity contribution in [3.05, 3.63) is 65.2 Å². The second-order valence-electron chi connectivity index (χ2n) is 4.64. The van der Waals surface area contributed by atoms with Crippen molar-refractivity contribution in [2.75, 3.05) is 13.7 Å². The molecule has 0 radical (unpaired) electrons. The van der Waals surface area contributed by atoms with Gasteiger partial charge < -0.3 is 14.2 Å². The summed E-state index contributed by atoms with van der Waals surface area (Å²) in [5.41, 5.74) is 0.255. The second kappa shape index (κ2) is 7.92. The lowest BCUT2D eigenvalue weighted by molar-refractivity contribution is 0.0517. The summed E-state index contributed by atoms with van der Waals surface area (Å²) >= 11 is 0. The Morgan fingerprint density at radius 2 is 1.33 bits per heavy atom. The summed E-state index contributed by atoms with van der Waals surface area (Å²) in [6, 6.07) is 12.3. The molecule has 2 aromatic carbocycles. The molecule has 24 heavy (non-hydrogen) atoms. The topological polar surface area (TPSA) is 78.9 Å². The molecule has 0 unspecified atom stereocenters. The fourth-order valence-corrected chi connectivity index (χ4v) is 2.04. The molecule has 0 amide bonds. The van der Waals surface area contributed by atoms with Crippen LogP contribution in [0.3, 0.4) is 0 Å². The van der Waals surface area contributed by atoms with Crippen LogP contribution in [-0.2, 0) is 9.47 Å². The number of rotatable bonds is 5. The van der Waals surface area contributed by atoms with E-state index in [-0.39, 0.29) is 29.0 Å². The lowest BCUT2D eigenvalue weighted by Gasteiger charge is -2.11. The molecule has 124 valence electrons. The van der Waals surface area contributed by atoms with Crippen LogP contribution in [0.5, 0.6) is 5.75 Å². The Kier molecular flexibility index (Phi) is 5.68. The Morgan fingerprint density at radius 1 is 0.792 bits per heavy atom. The van der Waals surface area contributed by atoms with Crippen LogP contribution in [0.25, 0.3) is 0 Å². The van der Waals surface area contributed by atoms with Gasteiger partial charge in [0.05, 0.1) is 24.8 Å². The highest BCUT2D eigenvalue weighted by Gasteiger charge is 2.21. The zero-order valence-corrected chi connectivity index (χ0v) is 13.3. The number of benzene rings is 2. The van der Waals surface area contributed by atoms with Gasteiger partial charge in [-0.2, -0.15) is 0 Å². The summed E-state index contributed by atoms with van der Waals surface area (Å²) in [5, 5.41) is 0. The Morgan fingerprint density at radius 3 is 1.92 bits per heavy atom. The monoisotopic (exact) mass is 328 g/mol. The molecule has 0 fully saturated rings. The van der Waals surface area contributed by atoms with E-state index < -0.39 is 17.9 Å². The van der Waals surface area contributed by atoms with Crippen LogP contribution in [-0.4, -0.2) is 31.6 Å². The number of hydrogen-bond donors (Lipinski definition) is 0. The van der Waals surface area contributed by atoms with Crippen molar-refractivity contribution in [2.45, 2.75) is 6.92 Å². The first-order valence-corrected chi connectivity index (χ1v) is 7.24. The Bertz CT molecular complexity index is 766. The van der Waals surface area contributed by atoms with E-state index in [9.17, 15) is 14.4 Å². The van der Waals surface area contributed by atoms with E-state index in [2.05, 4.69) is 4.74 Å². The highest BCUT2D eigenvalue weighted by molar-refractivity contribution is 6.04. The number of esters is 3. The Labute approximate surface area is 139 Å². The van der Waals surface area contributed by atoms with Gasteiger partial charge in [-0.05, 0) is 31.2 Å². The quantitative estimate of drug-likeness (QED) is 0.620. The van der Waals surface area contributed by atoms with E-state index in [1.165, 1.54) is 31.4 Å². The van der Waals surface area contributed by atoms with E-state index in [0.29, 0.717) is 0 Å². The molecule has 0 aliphatic rings. The SMILES string of the molecule is CCOC(=O)c1ccccc1OC(=O)c1ccccc1C(=O)OC. The molecule has 6 nitrogen and oxygen atoms in total. The molecule has 2 aromatic rings. The summed E-state index contributed by atoms with van der Waals surface area (Å²) < 4.78 is 14.9. The molecule has 0 bridgehead atoms. The molecule has 0 saturated carbocycles. The number of hydrogen-bond acceptors (Lipinski definition) is 6. The molecule has 0 atom stereocenters. The highest BCUT2D eigenvalue weighted by atomic mass is 16.5. The molecule has 2 rings (SSSR count). The predicted octanol–water partition coefficient (Wildman–Crippen LogP) is 2.87. The molecule has 0 aliphatic carbocycles. The van der Waals surface area contributed by atoms with Gasteiger partial charge in [0.1, 0.15) is 11.3 Å². The number of methoxy groups -OCH3 is 1. The molecular formula is C18H16O6. The van der Waals surface area contributed by atoms with E-state index in [4.69, 9.17) is 9.47 Å². The van der Waals surface area contributed by atoms with Gasteiger partial charge in [0.2, 0.25) is 0 Å². The van der Waals surface area contributed by atoms with Gasteiger partial charge in [-0.15, -0.1) is 0 Å². The van der Waals surface area contributed by atoms with Gasteiger partial charge in [0.15, 0.2) is 0 Å². The van der Waals surface area contributed by atoms with Gasteiger partial charge in [-0.25, -0.2) is 14.4 Å². The van der Waals surface area contributed by atoms with Crippen molar-refractivity contribution < 1.29 is 28.6 Å². The summed E-state index contributed by atoms with van der Waals surface area (Å²) in [6.07, 6.45) is 0. The molecule has 0 saturated heterocycles. The van der Waals surface area contributed by atoms with Crippen LogP contribution in [0.4, 0.5) is 0 Å². The van der Waals surface area contributed by atoms with Crippen LogP contribution in [0.1, 0.15) is 38.0 Å². The average Bonchev–Trinajstić information content (AvgIpc) is 2.61. The average molecular weight is 328 g/mol. The maximum atomic E-state index is 12.4. The summed E-state index contributed by atoms with van der Waals surface area (Å²) in [7, 11) is 1.22. The maximum absolute atomic E-state index is 12.4. The second-order valence-corrected chi connectivity index (χ2v) is 4.64. The van der Waals surface area contributed by atoms with Gasteiger partial charge in [-0.1, -0.05) is 24.3 Å². The van der Waals surface area contributed by atoms with Crippen LogP contribution < -0.4 is 4.74 Å². The van der Waals surface area contributed by atoms with Crippen LogP contribution in [0.15, 0.2) is 48.5 Å². The lowest BCUT2D eigenvalue weighted by Crippen LogP contribution is -2.16. The first-order chi connectivity index (χ1) is 11.6. The standard InChI is InChI=1S/C18H16O6/c1-3-23-17(20)14-10-6-7-11-15(14)24-18(21)13-9-5-4-8-12(13)16(19)22-2/h4-11H,3H2,1-2H3.